The SMILES string of the molecule is CCNc1cnc2ccccc2c1OC. The maximum absolute atomic E-state index is 5.41. The third-order valence-electron chi connectivity index (χ3n) is 2.30. The monoisotopic (exact) mass is 202 g/mol. The quantitative estimate of drug-likeness (QED) is 0.830. The largest absolute Gasteiger partial charge is 0.494 e. The van der Waals surface area contributed by atoms with E-state index < -0.39 is 0 Å². The third kappa shape index (κ3) is 1.73. The number of hydrogen-bond acceptors (Lipinski definition) is 3. The summed E-state index contributed by atoms with van der Waals surface area (Å²) >= 11 is 0. The molecular weight excluding hydrogens is 188 g/mol. The lowest BCUT2D eigenvalue weighted by molar-refractivity contribution is 0.421. The van der Waals surface area contributed by atoms with Crippen molar-refractivity contribution in [2.24, 2.45) is 0 Å². The molecule has 0 fully saturated rings. The van der Waals surface area contributed by atoms with Gasteiger partial charge in [-0.2, -0.15) is 0 Å². The fourth-order valence-electron chi connectivity index (χ4n) is 1.65. The highest BCUT2D eigenvalue weighted by Crippen LogP contribution is 2.31. The standard InChI is InChI=1S/C12H14N2O/c1-3-13-11-8-14-10-7-5-4-6-9(10)12(11)15-2/h4-8,13H,3H2,1-2H3. The lowest BCUT2D eigenvalue weighted by Gasteiger charge is -2.11. The Morgan fingerprint density at radius 1 is 1.33 bits per heavy atom. The number of nitrogens with one attached hydrogen (secondary N) is 1. The summed E-state index contributed by atoms with van der Waals surface area (Å²) in [6, 6.07) is 7.96. The van der Waals surface area contributed by atoms with Crippen LogP contribution in [-0.4, -0.2) is 18.6 Å². The number of aromatic nitrogens is 1. The van der Waals surface area contributed by atoms with E-state index in [0.717, 1.165) is 28.9 Å². The van der Waals surface area contributed by atoms with Gasteiger partial charge in [0.15, 0.2) is 5.75 Å². The van der Waals surface area contributed by atoms with E-state index in [0.29, 0.717) is 0 Å². The highest BCUT2D eigenvalue weighted by molar-refractivity contribution is 5.90. The van der Waals surface area contributed by atoms with Crippen LogP contribution < -0.4 is 10.1 Å². The highest BCUT2D eigenvalue weighted by Gasteiger charge is 2.07. The van der Waals surface area contributed by atoms with Gasteiger partial charge in [-0.15, -0.1) is 0 Å². The van der Waals surface area contributed by atoms with Crippen molar-refractivity contribution in [2.45, 2.75) is 6.92 Å². The van der Waals surface area contributed by atoms with E-state index in [4.69, 9.17) is 4.74 Å². The summed E-state index contributed by atoms with van der Waals surface area (Å²) < 4.78 is 5.41. The molecule has 0 aliphatic rings. The average molecular weight is 202 g/mol. The summed E-state index contributed by atoms with van der Waals surface area (Å²) in [4.78, 5) is 4.37. The van der Waals surface area contributed by atoms with Crippen LogP contribution in [0, 0.1) is 0 Å². The van der Waals surface area contributed by atoms with Crippen LogP contribution in [0.2, 0.25) is 0 Å². The Hall–Kier alpha value is -1.77. The number of hydrogen-bond donors (Lipinski definition) is 1. The molecule has 1 aromatic carbocycles. The first-order valence-corrected chi connectivity index (χ1v) is 5.02. The van der Waals surface area contributed by atoms with Gasteiger partial charge in [-0.05, 0) is 19.1 Å². The van der Waals surface area contributed by atoms with Crippen molar-refractivity contribution >= 4 is 16.6 Å². The molecule has 3 heteroatoms. The van der Waals surface area contributed by atoms with Crippen LogP contribution >= 0.6 is 0 Å². The van der Waals surface area contributed by atoms with Crippen LogP contribution in [0.25, 0.3) is 10.9 Å². The Morgan fingerprint density at radius 2 is 2.13 bits per heavy atom. The van der Waals surface area contributed by atoms with Crippen molar-refractivity contribution in [3.63, 3.8) is 0 Å². The van der Waals surface area contributed by atoms with Crippen LogP contribution in [-0.2, 0) is 0 Å². The summed E-state index contributed by atoms with van der Waals surface area (Å²) in [7, 11) is 1.68. The van der Waals surface area contributed by atoms with Gasteiger partial charge >= 0.3 is 0 Å². The second-order valence-electron chi connectivity index (χ2n) is 3.25. The number of ether oxygens (including phenoxy) is 1. The minimum Gasteiger partial charge on any atom is -0.494 e. The number of pyridine rings is 1. The minimum atomic E-state index is 0.858. The summed E-state index contributed by atoms with van der Waals surface area (Å²) in [6.07, 6.45) is 1.81. The van der Waals surface area contributed by atoms with E-state index in [1.165, 1.54) is 0 Å². The Bertz CT molecular complexity index is 468. The number of nitrogens with zero attached hydrogens (tertiary/aromatic N) is 1. The van der Waals surface area contributed by atoms with E-state index in [1.54, 1.807) is 7.11 Å². The molecule has 15 heavy (non-hydrogen) atoms. The number of para-hydroxylation sites is 1. The predicted molar refractivity (Wildman–Crippen MR) is 62.5 cm³/mol. The van der Waals surface area contributed by atoms with Gasteiger partial charge in [-0.3, -0.25) is 4.98 Å². The smallest absolute Gasteiger partial charge is 0.152 e. The Kier molecular flexibility index (Phi) is 2.72. The second-order valence-corrected chi connectivity index (χ2v) is 3.25. The zero-order valence-electron chi connectivity index (χ0n) is 8.95. The first-order chi connectivity index (χ1) is 7.36. The lowest BCUT2D eigenvalue weighted by atomic mass is 10.2. The lowest BCUT2D eigenvalue weighted by Crippen LogP contribution is -2.00. The van der Waals surface area contributed by atoms with Gasteiger partial charge in [0, 0.05) is 11.9 Å². The molecule has 0 aliphatic heterocycles. The molecule has 0 saturated heterocycles. The first-order valence-electron chi connectivity index (χ1n) is 5.02. The van der Waals surface area contributed by atoms with Gasteiger partial charge in [0.05, 0.1) is 24.5 Å². The van der Waals surface area contributed by atoms with Crippen LogP contribution in [0.3, 0.4) is 0 Å². The molecule has 1 heterocycles. The van der Waals surface area contributed by atoms with Crippen LogP contribution in [0.1, 0.15) is 6.92 Å². The van der Waals surface area contributed by atoms with Gasteiger partial charge in [0.2, 0.25) is 0 Å². The molecule has 0 radical (unpaired) electrons. The number of anilines is 1. The van der Waals surface area contributed by atoms with Crippen molar-refractivity contribution in [1.29, 1.82) is 0 Å². The Morgan fingerprint density at radius 3 is 2.87 bits per heavy atom. The normalized spacial score (nSPS) is 10.3. The maximum atomic E-state index is 5.41. The van der Waals surface area contributed by atoms with Gasteiger partial charge < -0.3 is 10.1 Å². The number of benzene rings is 1. The maximum Gasteiger partial charge on any atom is 0.152 e. The fourth-order valence-corrected chi connectivity index (χ4v) is 1.65. The molecule has 3 nitrogen and oxygen atoms in total. The van der Waals surface area contributed by atoms with Crippen LogP contribution in [0.15, 0.2) is 30.5 Å². The molecule has 0 spiro atoms. The molecule has 0 atom stereocenters. The summed E-state index contributed by atoms with van der Waals surface area (Å²) in [5.74, 6) is 0.863. The van der Waals surface area contributed by atoms with Crippen molar-refractivity contribution in [3.8, 4) is 5.75 Å². The Balaban J connectivity index is 2.64. The molecule has 0 saturated carbocycles. The average Bonchev–Trinajstić information content (AvgIpc) is 2.29. The number of methoxy groups -OCH3 is 1. The molecular formula is C12H14N2O. The summed E-state index contributed by atoms with van der Waals surface area (Å²) in [5, 5.41) is 4.27. The molecule has 0 unspecified atom stereocenters. The predicted octanol–water partition coefficient (Wildman–Crippen LogP) is 2.68. The fraction of sp³-hybridized carbons (Fsp3) is 0.250. The molecule has 0 aliphatic carbocycles. The van der Waals surface area contributed by atoms with Gasteiger partial charge in [0.1, 0.15) is 0 Å². The van der Waals surface area contributed by atoms with Gasteiger partial charge in [-0.1, -0.05) is 12.1 Å². The molecule has 2 aromatic rings. The van der Waals surface area contributed by atoms with Crippen LogP contribution in [0.5, 0.6) is 5.75 Å². The van der Waals surface area contributed by atoms with Crippen molar-refractivity contribution < 1.29 is 4.74 Å². The second kappa shape index (κ2) is 4.17. The molecule has 0 bridgehead atoms. The third-order valence-corrected chi connectivity index (χ3v) is 2.30. The molecule has 78 valence electrons. The van der Waals surface area contributed by atoms with Crippen molar-refractivity contribution in [3.05, 3.63) is 30.5 Å². The first kappa shape index (κ1) is 9.77. The minimum absolute atomic E-state index is 0.858. The molecule has 2 rings (SSSR count). The van der Waals surface area contributed by atoms with E-state index in [1.807, 2.05) is 30.5 Å². The van der Waals surface area contributed by atoms with Gasteiger partial charge in [-0.25, -0.2) is 0 Å². The molecule has 1 N–H and O–H groups in total. The summed E-state index contributed by atoms with van der Waals surface area (Å²) in [6.45, 7) is 2.91. The highest BCUT2D eigenvalue weighted by atomic mass is 16.5. The number of fused-ring (bicyclic) bond motifs is 1. The van der Waals surface area contributed by atoms with E-state index in [9.17, 15) is 0 Å². The topological polar surface area (TPSA) is 34.2 Å². The molecule has 1 aromatic heterocycles. The zero-order chi connectivity index (χ0) is 10.7. The number of rotatable bonds is 3. The van der Waals surface area contributed by atoms with Crippen molar-refractivity contribution in [1.82, 2.24) is 4.98 Å². The zero-order valence-corrected chi connectivity index (χ0v) is 8.95. The van der Waals surface area contributed by atoms with Crippen molar-refractivity contribution in [2.75, 3.05) is 19.0 Å². The van der Waals surface area contributed by atoms with Gasteiger partial charge in [0.25, 0.3) is 0 Å². The Labute approximate surface area is 89.1 Å². The van der Waals surface area contributed by atoms with Crippen LogP contribution in [0.4, 0.5) is 5.69 Å². The molecule has 0 amide bonds. The summed E-state index contributed by atoms with van der Waals surface area (Å²) in [5.41, 5.74) is 1.90. The van der Waals surface area contributed by atoms with E-state index in [-0.39, 0.29) is 0 Å². The van der Waals surface area contributed by atoms with E-state index >= 15 is 0 Å². The van der Waals surface area contributed by atoms with E-state index in [2.05, 4.69) is 17.2 Å².